The highest BCUT2D eigenvalue weighted by Gasteiger charge is 2.06. The van der Waals surface area contributed by atoms with E-state index in [4.69, 9.17) is 0 Å². The normalized spacial score (nSPS) is 11.3. The molecule has 6 heteroatoms. The molecule has 2 heterocycles. The minimum atomic E-state index is 0.832. The number of nitrogens with one attached hydrogen (secondary N) is 2. The zero-order valence-corrected chi connectivity index (χ0v) is 13.6. The fourth-order valence-electron chi connectivity index (χ4n) is 2.61. The molecular weight excluding hydrogens is 306 g/mol. The van der Waals surface area contributed by atoms with Crippen molar-refractivity contribution in [3.05, 3.63) is 48.5 Å². The average molecular weight is 323 g/mol. The van der Waals surface area contributed by atoms with E-state index in [2.05, 4.69) is 30.9 Å². The van der Waals surface area contributed by atoms with Gasteiger partial charge in [0.1, 0.15) is 0 Å². The lowest BCUT2D eigenvalue weighted by Gasteiger charge is -2.05. The largest absolute Gasteiger partial charge is 0.355 e. The van der Waals surface area contributed by atoms with Crippen molar-refractivity contribution in [3.8, 4) is 0 Å². The van der Waals surface area contributed by atoms with Crippen molar-refractivity contribution >= 4 is 39.8 Å². The van der Waals surface area contributed by atoms with Crippen LogP contribution in [0.4, 0.5) is 5.95 Å². The van der Waals surface area contributed by atoms with E-state index in [-0.39, 0.29) is 0 Å². The number of aromatic nitrogens is 4. The minimum Gasteiger partial charge on any atom is -0.355 e. The molecular formula is C17H17N5S. The van der Waals surface area contributed by atoms with Crippen LogP contribution >= 0.6 is 11.8 Å². The number of aromatic amines is 1. The van der Waals surface area contributed by atoms with Crippen molar-refractivity contribution in [3.63, 3.8) is 0 Å². The van der Waals surface area contributed by atoms with Gasteiger partial charge in [0.05, 0.1) is 22.1 Å². The van der Waals surface area contributed by atoms with E-state index in [1.807, 2.05) is 49.5 Å². The number of anilines is 1. The molecule has 2 N–H and O–H groups in total. The van der Waals surface area contributed by atoms with E-state index in [9.17, 15) is 0 Å². The average Bonchev–Trinajstić information content (AvgIpc) is 3.13. The van der Waals surface area contributed by atoms with Gasteiger partial charge < -0.3 is 14.9 Å². The summed E-state index contributed by atoms with van der Waals surface area (Å²) in [4.78, 5) is 12.5. The second kappa shape index (κ2) is 5.96. The molecule has 0 spiro atoms. The summed E-state index contributed by atoms with van der Waals surface area (Å²) < 4.78 is 2.08. The van der Waals surface area contributed by atoms with Crippen LogP contribution in [0.15, 0.2) is 53.7 Å². The molecule has 0 saturated carbocycles. The summed E-state index contributed by atoms with van der Waals surface area (Å²) in [6.45, 7) is 0.832. The predicted molar refractivity (Wildman–Crippen MR) is 96.0 cm³/mol. The minimum absolute atomic E-state index is 0.832. The van der Waals surface area contributed by atoms with Gasteiger partial charge in [-0.1, -0.05) is 36.0 Å². The van der Waals surface area contributed by atoms with E-state index >= 15 is 0 Å². The second-order valence-electron chi connectivity index (χ2n) is 5.32. The number of fused-ring (bicyclic) bond motifs is 2. The van der Waals surface area contributed by atoms with Gasteiger partial charge in [0.25, 0.3) is 0 Å². The van der Waals surface area contributed by atoms with Crippen molar-refractivity contribution in [1.29, 1.82) is 0 Å². The highest BCUT2D eigenvalue weighted by molar-refractivity contribution is 7.99. The molecule has 0 radical (unpaired) electrons. The molecule has 23 heavy (non-hydrogen) atoms. The van der Waals surface area contributed by atoms with Crippen LogP contribution < -0.4 is 5.32 Å². The Labute approximate surface area is 138 Å². The Morgan fingerprint density at radius 2 is 1.83 bits per heavy atom. The first-order valence-electron chi connectivity index (χ1n) is 7.54. The maximum absolute atomic E-state index is 4.61. The van der Waals surface area contributed by atoms with Crippen LogP contribution in [0, 0.1) is 0 Å². The molecule has 0 amide bonds. The Bertz CT molecular complexity index is 923. The van der Waals surface area contributed by atoms with Gasteiger partial charge in [0.15, 0.2) is 5.16 Å². The molecule has 2 aromatic carbocycles. The lowest BCUT2D eigenvalue weighted by Crippen LogP contribution is -2.08. The number of rotatable bonds is 5. The lowest BCUT2D eigenvalue weighted by molar-refractivity contribution is 0.937. The van der Waals surface area contributed by atoms with Crippen molar-refractivity contribution in [2.45, 2.75) is 5.16 Å². The molecule has 0 atom stereocenters. The van der Waals surface area contributed by atoms with E-state index in [1.54, 1.807) is 11.8 Å². The molecule has 0 aliphatic carbocycles. The number of aryl methyl sites for hydroxylation is 1. The molecule has 4 aromatic rings. The maximum atomic E-state index is 4.61. The smallest absolute Gasteiger partial charge is 0.203 e. The second-order valence-corrected chi connectivity index (χ2v) is 6.40. The number of benzene rings is 2. The van der Waals surface area contributed by atoms with Crippen LogP contribution in [0.2, 0.25) is 0 Å². The van der Waals surface area contributed by atoms with Crippen molar-refractivity contribution in [2.24, 2.45) is 7.05 Å². The lowest BCUT2D eigenvalue weighted by atomic mass is 10.3. The quantitative estimate of drug-likeness (QED) is 0.435. The van der Waals surface area contributed by atoms with E-state index in [0.717, 1.165) is 45.5 Å². The Morgan fingerprint density at radius 3 is 2.65 bits per heavy atom. The van der Waals surface area contributed by atoms with Gasteiger partial charge in [0, 0.05) is 19.3 Å². The van der Waals surface area contributed by atoms with Gasteiger partial charge in [-0.3, -0.25) is 0 Å². The van der Waals surface area contributed by atoms with E-state index in [0.29, 0.717) is 0 Å². The first-order chi connectivity index (χ1) is 11.3. The molecule has 0 fully saturated rings. The first kappa shape index (κ1) is 14.1. The fourth-order valence-corrected chi connectivity index (χ4v) is 3.35. The highest BCUT2D eigenvalue weighted by atomic mass is 32.2. The fraction of sp³-hybridized carbons (Fsp3) is 0.176. The van der Waals surface area contributed by atoms with Gasteiger partial charge >= 0.3 is 0 Å². The molecule has 0 aliphatic heterocycles. The van der Waals surface area contributed by atoms with Crippen LogP contribution in [0.25, 0.3) is 22.1 Å². The number of hydrogen-bond donors (Lipinski definition) is 2. The van der Waals surface area contributed by atoms with Crippen LogP contribution in [0.1, 0.15) is 0 Å². The summed E-state index contributed by atoms with van der Waals surface area (Å²) in [5.41, 5.74) is 4.25. The molecule has 2 aromatic heterocycles. The third kappa shape index (κ3) is 2.77. The summed E-state index contributed by atoms with van der Waals surface area (Å²) in [5, 5.41) is 4.35. The van der Waals surface area contributed by atoms with Gasteiger partial charge in [-0.15, -0.1) is 0 Å². The number of para-hydroxylation sites is 4. The van der Waals surface area contributed by atoms with Gasteiger partial charge in [-0.05, 0) is 24.3 Å². The summed E-state index contributed by atoms with van der Waals surface area (Å²) in [6.07, 6.45) is 0. The molecule has 5 nitrogen and oxygen atoms in total. The molecule has 116 valence electrons. The van der Waals surface area contributed by atoms with Crippen LogP contribution in [-0.2, 0) is 7.05 Å². The highest BCUT2D eigenvalue weighted by Crippen LogP contribution is 2.20. The third-order valence-electron chi connectivity index (χ3n) is 3.78. The molecule has 0 saturated heterocycles. The summed E-state index contributed by atoms with van der Waals surface area (Å²) >= 11 is 1.71. The third-order valence-corrected chi connectivity index (χ3v) is 4.65. The van der Waals surface area contributed by atoms with E-state index in [1.165, 1.54) is 0 Å². The Morgan fingerprint density at radius 1 is 1.04 bits per heavy atom. The zero-order chi connectivity index (χ0) is 15.6. The van der Waals surface area contributed by atoms with Gasteiger partial charge in [-0.25, -0.2) is 9.97 Å². The Hall–Kier alpha value is -2.47. The SMILES string of the molecule is Cn1c(NCCSc2nc3ccccc3[nH]2)nc2ccccc21. The predicted octanol–water partition coefficient (Wildman–Crippen LogP) is 3.65. The summed E-state index contributed by atoms with van der Waals surface area (Å²) in [7, 11) is 2.03. The Kier molecular flexibility index (Phi) is 3.67. The maximum Gasteiger partial charge on any atom is 0.203 e. The monoisotopic (exact) mass is 323 g/mol. The number of nitrogens with zero attached hydrogens (tertiary/aromatic N) is 3. The van der Waals surface area contributed by atoms with Gasteiger partial charge in [-0.2, -0.15) is 0 Å². The van der Waals surface area contributed by atoms with Crippen molar-refractivity contribution in [2.75, 3.05) is 17.6 Å². The summed E-state index contributed by atoms with van der Waals surface area (Å²) in [6, 6.07) is 16.2. The molecule has 4 rings (SSSR count). The number of hydrogen-bond acceptors (Lipinski definition) is 4. The van der Waals surface area contributed by atoms with Crippen molar-refractivity contribution < 1.29 is 0 Å². The topological polar surface area (TPSA) is 58.5 Å². The van der Waals surface area contributed by atoms with Crippen LogP contribution in [0.3, 0.4) is 0 Å². The molecule has 0 aliphatic rings. The van der Waals surface area contributed by atoms with Crippen LogP contribution in [-0.4, -0.2) is 31.8 Å². The first-order valence-corrected chi connectivity index (χ1v) is 8.53. The number of thioether (sulfide) groups is 1. The summed E-state index contributed by atoms with van der Waals surface area (Å²) in [5.74, 6) is 1.82. The Balaban J connectivity index is 1.38. The van der Waals surface area contributed by atoms with Crippen molar-refractivity contribution in [1.82, 2.24) is 19.5 Å². The zero-order valence-electron chi connectivity index (χ0n) is 12.8. The number of H-pyrrole nitrogens is 1. The standard InChI is InChI=1S/C17H17N5S/c1-22-15-9-5-4-8-14(15)19-16(22)18-10-11-23-17-20-12-6-2-3-7-13(12)21-17/h2-9H,10-11H2,1H3,(H,18,19)(H,20,21). The number of imidazole rings is 2. The molecule has 0 bridgehead atoms. The van der Waals surface area contributed by atoms with Crippen LogP contribution in [0.5, 0.6) is 0 Å². The molecule has 0 unspecified atom stereocenters. The van der Waals surface area contributed by atoms with E-state index < -0.39 is 0 Å². The van der Waals surface area contributed by atoms with Gasteiger partial charge in [0.2, 0.25) is 5.95 Å².